The fraction of sp³-hybridized carbons (Fsp3) is 0.273. The summed E-state index contributed by atoms with van der Waals surface area (Å²) in [4.78, 5) is 4.09. The SMILES string of the molecule is NCCCc1noc(-c2cc(Cl)ccc2F)n1. The maximum atomic E-state index is 13.5. The van der Waals surface area contributed by atoms with Crippen LogP contribution in [0.3, 0.4) is 0 Å². The second kappa shape index (κ2) is 5.25. The van der Waals surface area contributed by atoms with Crippen LogP contribution >= 0.6 is 11.6 Å². The van der Waals surface area contributed by atoms with Crippen LogP contribution in [0.15, 0.2) is 22.7 Å². The van der Waals surface area contributed by atoms with E-state index in [4.69, 9.17) is 21.9 Å². The highest BCUT2D eigenvalue weighted by Gasteiger charge is 2.13. The molecule has 0 aliphatic heterocycles. The topological polar surface area (TPSA) is 64.9 Å². The van der Waals surface area contributed by atoms with E-state index < -0.39 is 5.82 Å². The van der Waals surface area contributed by atoms with E-state index in [-0.39, 0.29) is 11.5 Å². The largest absolute Gasteiger partial charge is 0.334 e. The molecule has 1 aromatic heterocycles. The third kappa shape index (κ3) is 2.81. The molecule has 1 heterocycles. The van der Waals surface area contributed by atoms with Crippen LogP contribution in [0, 0.1) is 5.82 Å². The van der Waals surface area contributed by atoms with Crippen LogP contribution in [0.5, 0.6) is 0 Å². The van der Waals surface area contributed by atoms with Crippen molar-refractivity contribution in [1.82, 2.24) is 10.1 Å². The molecular weight excluding hydrogens is 245 g/mol. The maximum absolute atomic E-state index is 13.5. The summed E-state index contributed by atoms with van der Waals surface area (Å²) in [6, 6.07) is 4.19. The number of hydrogen-bond acceptors (Lipinski definition) is 4. The van der Waals surface area contributed by atoms with Crippen molar-refractivity contribution in [3.8, 4) is 11.5 Å². The van der Waals surface area contributed by atoms with Crippen molar-refractivity contribution >= 4 is 11.6 Å². The van der Waals surface area contributed by atoms with E-state index in [9.17, 15) is 4.39 Å². The van der Waals surface area contributed by atoms with Crippen molar-refractivity contribution in [2.45, 2.75) is 12.8 Å². The molecular formula is C11H11ClFN3O. The Bertz CT molecular complexity index is 515. The van der Waals surface area contributed by atoms with E-state index in [1.54, 1.807) is 0 Å². The summed E-state index contributed by atoms with van der Waals surface area (Å²) >= 11 is 5.78. The maximum Gasteiger partial charge on any atom is 0.260 e. The van der Waals surface area contributed by atoms with E-state index >= 15 is 0 Å². The molecule has 17 heavy (non-hydrogen) atoms. The highest BCUT2D eigenvalue weighted by Crippen LogP contribution is 2.24. The number of nitrogens with zero attached hydrogens (tertiary/aromatic N) is 2. The van der Waals surface area contributed by atoms with Gasteiger partial charge in [-0.25, -0.2) is 4.39 Å². The predicted octanol–water partition coefficient (Wildman–Crippen LogP) is 2.42. The van der Waals surface area contributed by atoms with E-state index in [1.165, 1.54) is 18.2 Å². The molecule has 0 saturated heterocycles. The van der Waals surface area contributed by atoms with Crippen molar-refractivity contribution in [2.24, 2.45) is 5.73 Å². The van der Waals surface area contributed by atoms with Gasteiger partial charge in [-0.1, -0.05) is 16.8 Å². The second-order valence-corrected chi connectivity index (χ2v) is 3.97. The van der Waals surface area contributed by atoms with Gasteiger partial charge in [0.05, 0.1) is 5.56 Å². The lowest BCUT2D eigenvalue weighted by Crippen LogP contribution is -2.01. The molecule has 2 aromatic rings. The molecule has 0 unspecified atom stereocenters. The fourth-order valence-corrected chi connectivity index (χ4v) is 1.56. The first-order chi connectivity index (χ1) is 8.20. The molecule has 0 atom stereocenters. The van der Waals surface area contributed by atoms with Gasteiger partial charge in [0.15, 0.2) is 5.82 Å². The Morgan fingerprint density at radius 3 is 3.00 bits per heavy atom. The molecule has 0 fully saturated rings. The van der Waals surface area contributed by atoms with Crippen LogP contribution in [0.25, 0.3) is 11.5 Å². The minimum atomic E-state index is -0.441. The molecule has 4 nitrogen and oxygen atoms in total. The zero-order valence-electron chi connectivity index (χ0n) is 8.99. The first kappa shape index (κ1) is 12.0. The number of nitrogens with two attached hydrogens (primary N) is 1. The van der Waals surface area contributed by atoms with Crippen LogP contribution in [-0.4, -0.2) is 16.7 Å². The Morgan fingerprint density at radius 1 is 1.41 bits per heavy atom. The Labute approximate surface area is 103 Å². The van der Waals surface area contributed by atoms with Crippen molar-refractivity contribution in [2.75, 3.05) is 6.54 Å². The Hall–Kier alpha value is -1.46. The van der Waals surface area contributed by atoms with E-state index in [0.29, 0.717) is 23.8 Å². The van der Waals surface area contributed by atoms with Crippen molar-refractivity contribution in [3.05, 3.63) is 34.9 Å². The highest BCUT2D eigenvalue weighted by molar-refractivity contribution is 6.30. The molecule has 2 N–H and O–H groups in total. The first-order valence-electron chi connectivity index (χ1n) is 5.19. The molecule has 0 aliphatic carbocycles. The summed E-state index contributed by atoms with van der Waals surface area (Å²) in [5.74, 6) is 0.213. The lowest BCUT2D eigenvalue weighted by atomic mass is 10.2. The summed E-state index contributed by atoms with van der Waals surface area (Å²) in [6.07, 6.45) is 1.37. The van der Waals surface area contributed by atoms with Crippen LogP contribution < -0.4 is 5.73 Å². The highest BCUT2D eigenvalue weighted by atomic mass is 35.5. The molecule has 6 heteroatoms. The molecule has 0 aliphatic rings. The van der Waals surface area contributed by atoms with Gasteiger partial charge in [0.2, 0.25) is 0 Å². The summed E-state index contributed by atoms with van der Waals surface area (Å²) in [7, 11) is 0. The van der Waals surface area contributed by atoms with Gasteiger partial charge in [0, 0.05) is 11.4 Å². The van der Waals surface area contributed by atoms with Gasteiger partial charge in [-0.2, -0.15) is 4.98 Å². The average molecular weight is 256 g/mol. The van der Waals surface area contributed by atoms with Gasteiger partial charge >= 0.3 is 0 Å². The minimum absolute atomic E-state index is 0.136. The van der Waals surface area contributed by atoms with Crippen LogP contribution in [0.4, 0.5) is 4.39 Å². The average Bonchev–Trinajstić information content (AvgIpc) is 2.78. The zero-order valence-corrected chi connectivity index (χ0v) is 9.75. The van der Waals surface area contributed by atoms with Crippen molar-refractivity contribution in [3.63, 3.8) is 0 Å². The van der Waals surface area contributed by atoms with Gasteiger partial charge in [-0.15, -0.1) is 0 Å². The Balaban J connectivity index is 2.27. The van der Waals surface area contributed by atoms with Gasteiger partial charge in [-0.05, 0) is 31.2 Å². The molecule has 0 amide bonds. The molecule has 0 spiro atoms. The molecule has 0 saturated carbocycles. The van der Waals surface area contributed by atoms with Crippen molar-refractivity contribution < 1.29 is 8.91 Å². The Morgan fingerprint density at radius 2 is 2.24 bits per heavy atom. The van der Waals surface area contributed by atoms with E-state index in [1.807, 2.05) is 0 Å². The monoisotopic (exact) mass is 255 g/mol. The Kier molecular flexibility index (Phi) is 3.71. The standard InChI is InChI=1S/C11H11ClFN3O/c12-7-3-4-9(13)8(6-7)11-15-10(16-17-11)2-1-5-14/h3-4,6H,1-2,5,14H2. The zero-order chi connectivity index (χ0) is 12.3. The molecule has 0 radical (unpaired) electrons. The normalized spacial score (nSPS) is 10.8. The quantitative estimate of drug-likeness (QED) is 0.911. The smallest absolute Gasteiger partial charge is 0.260 e. The molecule has 1 aromatic carbocycles. The van der Waals surface area contributed by atoms with Crippen LogP contribution in [0.2, 0.25) is 5.02 Å². The van der Waals surface area contributed by atoms with Crippen molar-refractivity contribution in [1.29, 1.82) is 0 Å². The number of aryl methyl sites for hydroxylation is 1. The summed E-state index contributed by atoms with van der Waals surface area (Å²) in [5.41, 5.74) is 5.59. The number of hydrogen-bond donors (Lipinski definition) is 1. The molecule has 2 rings (SSSR count). The van der Waals surface area contributed by atoms with E-state index in [0.717, 1.165) is 6.42 Å². The lowest BCUT2D eigenvalue weighted by Gasteiger charge is -1.97. The number of rotatable bonds is 4. The van der Waals surface area contributed by atoms with Gasteiger partial charge in [0.25, 0.3) is 5.89 Å². The predicted molar refractivity (Wildman–Crippen MR) is 62.1 cm³/mol. The second-order valence-electron chi connectivity index (χ2n) is 3.53. The van der Waals surface area contributed by atoms with Gasteiger partial charge < -0.3 is 10.3 Å². The minimum Gasteiger partial charge on any atom is -0.334 e. The lowest BCUT2D eigenvalue weighted by molar-refractivity contribution is 0.419. The summed E-state index contributed by atoms with van der Waals surface area (Å²) in [6.45, 7) is 0.551. The fourth-order valence-electron chi connectivity index (χ4n) is 1.39. The molecule has 90 valence electrons. The molecule has 0 bridgehead atoms. The number of halogens is 2. The first-order valence-corrected chi connectivity index (χ1v) is 5.56. The van der Waals surface area contributed by atoms with Gasteiger partial charge in [-0.3, -0.25) is 0 Å². The third-order valence-corrected chi connectivity index (χ3v) is 2.47. The van der Waals surface area contributed by atoms with E-state index in [2.05, 4.69) is 10.1 Å². The van der Waals surface area contributed by atoms with Gasteiger partial charge in [0.1, 0.15) is 5.82 Å². The number of benzene rings is 1. The summed E-state index contributed by atoms with van der Waals surface area (Å²) < 4.78 is 18.5. The van der Waals surface area contributed by atoms with Crippen LogP contribution in [-0.2, 0) is 6.42 Å². The summed E-state index contributed by atoms with van der Waals surface area (Å²) in [5, 5.41) is 4.17. The third-order valence-electron chi connectivity index (χ3n) is 2.23. The van der Waals surface area contributed by atoms with Crippen LogP contribution in [0.1, 0.15) is 12.2 Å². The number of aromatic nitrogens is 2.